The first-order valence-electron chi connectivity index (χ1n) is 11.4. The Morgan fingerprint density at radius 1 is 0.750 bits per heavy atom. The van der Waals surface area contributed by atoms with Gasteiger partial charge >= 0.3 is 5.97 Å². The molecule has 0 spiro atoms. The highest BCUT2D eigenvalue weighted by molar-refractivity contribution is 5.98. The lowest BCUT2D eigenvalue weighted by Crippen LogP contribution is -2.52. The van der Waals surface area contributed by atoms with Crippen LogP contribution in [0.25, 0.3) is 0 Å². The number of nitro benzene ring substituents is 1. The van der Waals surface area contributed by atoms with Gasteiger partial charge in [0.25, 0.3) is 5.69 Å². The van der Waals surface area contributed by atoms with Crippen molar-refractivity contribution in [1.82, 2.24) is 5.32 Å². The van der Waals surface area contributed by atoms with Crippen molar-refractivity contribution in [3.05, 3.63) is 148 Å². The highest BCUT2D eigenvalue weighted by atomic mass is 16.6. The zero-order chi connectivity index (χ0) is 25.5. The van der Waals surface area contributed by atoms with E-state index in [0.717, 1.165) is 0 Å². The van der Waals surface area contributed by atoms with Crippen LogP contribution >= 0.6 is 0 Å². The molecule has 36 heavy (non-hydrogen) atoms. The highest BCUT2D eigenvalue weighted by Crippen LogP contribution is 2.39. The fourth-order valence-corrected chi connectivity index (χ4v) is 4.41. The van der Waals surface area contributed by atoms with Gasteiger partial charge in [-0.3, -0.25) is 14.9 Å². The molecule has 0 unspecified atom stereocenters. The van der Waals surface area contributed by atoms with Crippen LogP contribution in [0.15, 0.2) is 115 Å². The number of non-ortho nitro benzene ring substituents is 1. The van der Waals surface area contributed by atoms with Gasteiger partial charge in [-0.1, -0.05) is 103 Å². The number of hydrogen-bond donors (Lipinski definition) is 2. The lowest BCUT2D eigenvalue weighted by Gasteiger charge is -2.35. The van der Waals surface area contributed by atoms with Crippen LogP contribution < -0.4 is 5.32 Å². The summed E-state index contributed by atoms with van der Waals surface area (Å²) >= 11 is 0. The van der Waals surface area contributed by atoms with Gasteiger partial charge in [0.2, 0.25) is 5.91 Å². The topological polar surface area (TPSA) is 110 Å². The maximum Gasteiger partial charge on any atom is 0.326 e. The van der Waals surface area contributed by atoms with Gasteiger partial charge in [-0.05, 0) is 22.3 Å². The Kier molecular flexibility index (Phi) is 7.20. The predicted octanol–water partition coefficient (Wildman–Crippen LogP) is 4.74. The average Bonchev–Trinajstić information content (AvgIpc) is 2.91. The summed E-state index contributed by atoms with van der Waals surface area (Å²) in [6.07, 6.45) is -0.0342. The second-order valence-corrected chi connectivity index (χ2v) is 8.34. The molecule has 0 aliphatic heterocycles. The van der Waals surface area contributed by atoms with Gasteiger partial charge in [-0.25, -0.2) is 4.79 Å². The second kappa shape index (κ2) is 10.7. The van der Waals surface area contributed by atoms with Gasteiger partial charge in [-0.15, -0.1) is 0 Å². The molecule has 0 saturated heterocycles. The van der Waals surface area contributed by atoms with E-state index in [4.69, 9.17) is 0 Å². The van der Waals surface area contributed by atoms with E-state index in [9.17, 15) is 24.8 Å². The molecule has 7 heteroatoms. The molecule has 1 amide bonds. The number of amides is 1. The molecule has 4 rings (SSSR count). The number of carboxylic acids is 1. The lowest BCUT2D eigenvalue weighted by molar-refractivity contribution is -0.384. The molecule has 2 N–H and O–H groups in total. The number of carboxylic acid groups (broad SMARTS) is 1. The smallest absolute Gasteiger partial charge is 0.326 e. The second-order valence-electron chi connectivity index (χ2n) is 8.34. The molecule has 0 aromatic heterocycles. The van der Waals surface area contributed by atoms with E-state index >= 15 is 0 Å². The molecular weight excluding hydrogens is 456 g/mol. The minimum Gasteiger partial charge on any atom is -0.480 e. The summed E-state index contributed by atoms with van der Waals surface area (Å²) in [5.74, 6) is -1.69. The minimum absolute atomic E-state index is 0.0342. The number of hydrogen-bond acceptors (Lipinski definition) is 4. The Bertz CT molecular complexity index is 1240. The Hall–Kier alpha value is -4.78. The molecule has 7 nitrogen and oxygen atoms in total. The largest absolute Gasteiger partial charge is 0.480 e. The van der Waals surface area contributed by atoms with Gasteiger partial charge in [0, 0.05) is 18.6 Å². The van der Waals surface area contributed by atoms with Crippen molar-refractivity contribution in [1.29, 1.82) is 0 Å². The van der Waals surface area contributed by atoms with Crippen molar-refractivity contribution < 1.29 is 19.6 Å². The summed E-state index contributed by atoms with van der Waals surface area (Å²) in [4.78, 5) is 36.9. The van der Waals surface area contributed by atoms with Gasteiger partial charge in [0.15, 0.2) is 0 Å². The van der Waals surface area contributed by atoms with Crippen molar-refractivity contribution in [3.63, 3.8) is 0 Å². The van der Waals surface area contributed by atoms with Crippen LogP contribution in [0.1, 0.15) is 22.3 Å². The summed E-state index contributed by atoms with van der Waals surface area (Å²) in [7, 11) is 0. The Morgan fingerprint density at radius 3 is 1.53 bits per heavy atom. The predicted molar refractivity (Wildman–Crippen MR) is 136 cm³/mol. The number of rotatable bonds is 9. The molecule has 0 aliphatic carbocycles. The van der Waals surface area contributed by atoms with E-state index < -0.39 is 28.3 Å². The number of nitrogens with zero attached hydrogens (tertiary/aromatic N) is 1. The van der Waals surface area contributed by atoms with E-state index in [1.54, 1.807) is 0 Å². The molecule has 0 saturated carbocycles. The molecule has 180 valence electrons. The first-order valence-corrected chi connectivity index (χ1v) is 11.4. The molecule has 0 heterocycles. The summed E-state index contributed by atoms with van der Waals surface area (Å²) in [5, 5.41) is 23.7. The van der Waals surface area contributed by atoms with Crippen LogP contribution in [0.5, 0.6) is 0 Å². The van der Waals surface area contributed by atoms with E-state index in [1.807, 2.05) is 91.0 Å². The molecule has 0 aliphatic rings. The monoisotopic (exact) mass is 480 g/mol. The zero-order valence-electron chi connectivity index (χ0n) is 19.3. The summed E-state index contributed by atoms with van der Waals surface area (Å²) in [6.45, 7) is 0. The van der Waals surface area contributed by atoms with Crippen molar-refractivity contribution in [2.24, 2.45) is 0 Å². The van der Waals surface area contributed by atoms with Crippen LogP contribution in [0.4, 0.5) is 5.69 Å². The Morgan fingerprint density at radius 2 is 1.17 bits per heavy atom. The minimum atomic E-state index is -1.31. The summed E-state index contributed by atoms with van der Waals surface area (Å²) in [5.41, 5.74) is 1.23. The number of nitrogens with one attached hydrogen (secondary N) is 1. The maximum atomic E-state index is 14.3. The van der Waals surface area contributed by atoms with Gasteiger partial charge < -0.3 is 10.4 Å². The fraction of sp³-hybridized carbons (Fsp3) is 0.103. The maximum absolute atomic E-state index is 14.3. The Labute approximate surface area is 208 Å². The number of aliphatic carboxylic acids is 1. The first kappa shape index (κ1) is 24.3. The van der Waals surface area contributed by atoms with Gasteiger partial charge in [0.1, 0.15) is 11.5 Å². The van der Waals surface area contributed by atoms with Crippen LogP contribution in [0.3, 0.4) is 0 Å². The van der Waals surface area contributed by atoms with Crippen LogP contribution in [0, 0.1) is 10.1 Å². The summed E-state index contributed by atoms with van der Waals surface area (Å²) in [6, 6.07) is 32.1. The average molecular weight is 481 g/mol. The zero-order valence-corrected chi connectivity index (χ0v) is 19.3. The SMILES string of the molecule is O=C(O)[C@H](Cc1ccc([N+](=O)[O-])cc1)NC(=O)C(c1ccccc1)(c1ccccc1)c1ccccc1. The van der Waals surface area contributed by atoms with Crippen molar-refractivity contribution in [2.45, 2.75) is 17.9 Å². The summed E-state index contributed by atoms with van der Waals surface area (Å²) < 4.78 is 0. The number of benzene rings is 4. The molecule has 0 bridgehead atoms. The third-order valence-corrected chi connectivity index (χ3v) is 6.15. The standard InChI is InChI=1S/C29H24N2O5/c32-27(33)26(20-21-16-18-25(19-17-21)31(35)36)30-28(34)29(22-10-4-1-5-11-22,23-12-6-2-7-13-23)24-14-8-3-9-15-24/h1-19,26H,20H2,(H,30,34)(H,32,33)/t26-/m0/s1. The van der Waals surface area contributed by atoms with E-state index in [1.165, 1.54) is 24.3 Å². The number of carbonyl (C=O) groups is 2. The molecule has 1 atom stereocenters. The van der Waals surface area contributed by atoms with E-state index in [0.29, 0.717) is 22.3 Å². The fourth-order valence-electron chi connectivity index (χ4n) is 4.41. The highest BCUT2D eigenvalue weighted by Gasteiger charge is 2.45. The van der Waals surface area contributed by atoms with E-state index in [-0.39, 0.29) is 12.1 Å². The molecule has 0 fully saturated rings. The van der Waals surface area contributed by atoms with Crippen molar-refractivity contribution >= 4 is 17.6 Å². The lowest BCUT2D eigenvalue weighted by atomic mass is 9.68. The van der Waals surface area contributed by atoms with E-state index in [2.05, 4.69) is 5.32 Å². The molecule has 4 aromatic rings. The third kappa shape index (κ3) is 4.86. The van der Waals surface area contributed by atoms with Crippen LogP contribution in [0.2, 0.25) is 0 Å². The number of carbonyl (C=O) groups excluding carboxylic acids is 1. The molecule has 4 aromatic carbocycles. The van der Waals surface area contributed by atoms with Crippen molar-refractivity contribution in [2.75, 3.05) is 0 Å². The Balaban J connectivity index is 1.79. The van der Waals surface area contributed by atoms with Gasteiger partial charge in [-0.2, -0.15) is 0 Å². The molecular formula is C29H24N2O5. The quantitative estimate of drug-likeness (QED) is 0.204. The normalized spacial score (nSPS) is 11.9. The van der Waals surface area contributed by atoms with Crippen molar-refractivity contribution in [3.8, 4) is 0 Å². The third-order valence-electron chi connectivity index (χ3n) is 6.15. The first-order chi connectivity index (χ1) is 17.4. The molecule has 0 radical (unpaired) electrons. The number of nitro groups is 1. The van der Waals surface area contributed by atoms with Gasteiger partial charge in [0.05, 0.1) is 4.92 Å². The van der Waals surface area contributed by atoms with Crippen LogP contribution in [-0.2, 0) is 21.4 Å². The van der Waals surface area contributed by atoms with Crippen LogP contribution in [-0.4, -0.2) is 27.9 Å².